The Morgan fingerprint density at radius 1 is 1.21 bits per heavy atom. The van der Waals surface area contributed by atoms with Gasteiger partial charge >= 0.3 is 6.09 Å². The van der Waals surface area contributed by atoms with Crippen molar-refractivity contribution in [3.05, 3.63) is 0 Å². The topological polar surface area (TPSA) is 60.4 Å². The number of amides is 1. The van der Waals surface area contributed by atoms with Crippen LogP contribution in [0.25, 0.3) is 0 Å². The molecule has 0 aromatic heterocycles. The molecule has 0 aromatic carbocycles. The SMILES string of the molecule is CC1CCCN(CCCCNC2=NCC3CN(C(=O)OC(C)(C)C)CCN23)C1. The maximum Gasteiger partial charge on any atom is 0.410 e. The van der Waals surface area contributed by atoms with Crippen LogP contribution in [-0.4, -0.2) is 90.8 Å². The molecule has 1 amide bonds. The van der Waals surface area contributed by atoms with E-state index in [4.69, 9.17) is 4.74 Å². The van der Waals surface area contributed by atoms with E-state index in [2.05, 4.69) is 27.0 Å². The van der Waals surface area contributed by atoms with Gasteiger partial charge < -0.3 is 24.8 Å². The predicted molar refractivity (Wildman–Crippen MR) is 113 cm³/mol. The summed E-state index contributed by atoms with van der Waals surface area (Å²) in [4.78, 5) is 23.8. The lowest BCUT2D eigenvalue weighted by molar-refractivity contribution is 0.0137. The minimum atomic E-state index is -0.445. The van der Waals surface area contributed by atoms with E-state index in [1.165, 1.54) is 45.3 Å². The van der Waals surface area contributed by atoms with Crippen molar-refractivity contribution in [2.45, 2.75) is 65.0 Å². The Morgan fingerprint density at radius 2 is 2.04 bits per heavy atom. The second kappa shape index (κ2) is 9.33. The van der Waals surface area contributed by atoms with Crippen molar-refractivity contribution >= 4 is 12.1 Å². The Labute approximate surface area is 170 Å². The third-order valence-corrected chi connectivity index (χ3v) is 5.78. The number of rotatable bonds is 5. The number of hydrogen-bond donors (Lipinski definition) is 1. The van der Waals surface area contributed by atoms with Crippen LogP contribution in [0.5, 0.6) is 0 Å². The molecule has 28 heavy (non-hydrogen) atoms. The van der Waals surface area contributed by atoms with Gasteiger partial charge in [0.2, 0.25) is 0 Å². The van der Waals surface area contributed by atoms with Gasteiger partial charge in [-0.25, -0.2) is 4.79 Å². The highest BCUT2D eigenvalue weighted by Crippen LogP contribution is 2.19. The molecule has 160 valence electrons. The number of nitrogens with zero attached hydrogens (tertiary/aromatic N) is 4. The Balaban J connectivity index is 1.33. The summed E-state index contributed by atoms with van der Waals surface area (Å²) < 4.78 is 5.51. The van der Waals surface area contributed by atoms with Crippen LogP contribution in [0.4, 0.5) is 4.79 Å². The van der Waals surface area contributed by atoms with Crippen LogP contribution in [-0.2, 0) is 4.74 Å². The molecule has 3 aliphatic heterocycles. The summed E-state index contributed by atoms with van der Waals surface area (Å²) in [7, 11) is 0. The first-order valence-electron chi connectivity index (χ1n) is 11.1. The molecule has 0 radical (unpaired) electrons. The van der Waals surface area contributed by atoms with Crippen molar-refractivity contribution in [3.63, 3.8) is 0 Å². The van der Waals surface area contributed by atoms with Gasteiger partial charge in [-0.1, -0.05) is 6.92 Å². The molecule has 2 saturated heterocycles. The smallest absolute Gasteiger partial charge is 0.410 e. The number of piperazine rings is 1. The van der Waals surface area contributed by atoms with Gasteiger partial charge in [0.25, 0.3) is 0 Å². The lowest BCUT2D eigenvalue weighted by Gasteiger charge is -2.39. The highest BCUT2D eigenvalue weighted by Gasteiger charge is 2.36. The zero-order valence-corrected chi connectivity index (χ0v) is 18.2. The van der Waals surface area contributed by atoms with Gasteiger partial charge in [0.05, 0.1) is 12.6 Å². The van der Waals surface area contributed by atoms with Gasteiger partial charge in [0, 0.05) is 32.7 Å². The number of aliphatic imine (C=N–C) groups is 1. The van der Waals surface area contributed by atoms with Crippen LogP contribution >= 0.6 is 0 Å². The normalized spacial score (nSPS) is 26.1. The second-order valence-electron chi connectivity index (χ2n) is 9.62. The molecule has 0 aliphatic carbocycles. The molecule has 0 aromatic rings. The number of ether oxygens (including phenoxy) is 1. The predicted octanol–water partition coefficient (Wildman–Crippen LogP) is 2.38. The number of nitrogens with one attached hydrogen (secondary N) is 1. The number of carbonyl (C=O) groups excluding carboxylic acids is 1. The summed E-state index contributed by atoms with van der Waals surface area (Å²) in [6.07, 6.45) is 4.95. The summed E-state index contributed by atoms with van der Waals surface area (Å²) in [6.45, 7) is 15.8. The molecule has 7 nitrogen and oxygen atoms in total. The minimum absolute atomic E-state index is 0.208. The van der Waals surface area contributed by atoms with Gasteiger partial charge in [-0.3, -0.25) is 4.99 Å². The van der Waals surface area contributed by atoms with Crippen molar-refractivity contribution in [3.8, 4) is 0 Å². The van der Waals surface area contributed by atoms with Crippen molar-refractivity contribution in [1.82, 2.24) is 20.0 Å². The highest BCUT2D eigenvalue weighted by molar-refractivity contribution is 5.82. The summed E-state index contributed by atoms with van der Waals surface area (Å²) in [6, 6.07) is 0.276. The van der Waals surface area contributed by atoms with Gasteiger partial charge in [-0.2, -0.15) is 0 Å². The molecule has 3 aliphatic rings. The number of guanidine groups is 1. The van der Waals surface area contributed by atoms with E-state index in [0.29, 0.717) is 13.1 Å². The van der Waals surface area contributed by atoms with Crippen LogP contribution in [0.2, 0.25) is 0 Å². The largest absolute Gasteiger partial charge is 0.444 e. The molecular formula is C21H39N5O2. The van der Waals surface area contributed by atoms with Crippen molar-refractivity contribution < 1.29 is 9.53 Å². The van der Waals surface area contributed by atoms with Gasteiger partial charge in [0.1, 0.15) is 5.60 Å². The Bertz CT molecular complexity index is 559. The van der Waals surface area contributed by atoms with Crippen LogP contribution < -0.4 is 5.32 Å². The maximum atomic E-state index is 12.3. The average Bonchev–Trinajstić information content (AvgIpc) is 3.02. The number of likely N-dealkylation sites (tertiary alicyclic amines) is 1. The molecule has 3 heterocycles. The Kier molecular flexibility index (Phi) is 7.07. The number of hydrogen-bond acceptors (Lipinski definition) is 6. The van der Waals surface area contributed by atoms with E-state index in [0.717, 1.165) is 31.5 Å². The molecule has 2 atom stereocenters. The molecule has 3 rings (SSSR count). The Hall–Kier alpha value is -1.50. The summed E-state index contributed by atoms with van der Waals surface area (Å²) >= 11 is 0. The summed E-state index contributed by atoms with van der Waals surface area (Å²) in [5, 5.41) is 3.53. The number of unbranched alkanes of at least 4 members (excludes halogenated alkanes) is 1. The van der Waals surface area contributed by atoms with Gasteiger partial charge in [0.15, 0.2) is 5.96 Å². The third-order valence-electron chi connectivity index (χ3n) is 5.78. The zero-order valence-electron chi connectivity index (χ0n) is 18.2. The molecule has 1 N–H and O–H groups in total. The monoisotopic (exact) mass is 393 g/mol. The van der Waals surface area contributed by atoms with Crippen LogP contribution in [0.1, 0.15) is 53.4 Å². The van der Waals surface area contributed by atoms with E-state index >= 15 is 0 Å². The summed E-state index contributed by atoms with van der Waals surface area (Å²) in [5.41, 5.74) is -0.445. The molecule has 2 unspecified atom stereocenters. The van der Waals surface area contributed by atoms with Crippen LogP contribution in [0.3, 0.4) is 0 Å². The van der Waals surface area contributed by atoms with E-state index in [1.54, 1.807) is 0 Å². The van der Waals surface area contributed by atoms with Crippen molar-refractivity contribution in [1.29, 1.82) is 0 Å². The fourth-order valence-electron chi connectivity index (χ4n) is 4.37. The van der Waals surface area contributed by atoms with Crippen molar-refractivity contribution in [2.24, 2.45) is 10.9 Å². The summed E-state index contributed by atoms with van der Waals surface area (Å²) in [5.74, 6) is 1.87. The Morgan fingerprint density at radius 3 is 2.79 bits per heavy atom. The molecule has 0 spiro atoms. The fraction of sp³-hybridized carbons (Fsp3) is 0.905. The number of carbonyl (C=O) groups is 1. The first-order valence-corrected chi connectivity index (χ1v) is 11.1. The van der Waals surface area contributed by atoms with Gasteiger partial charge in [-0.05, 0) is 65.5 Å². The lowest BCUT2D eigenvalue weighted by Crippen LogP contribution is -2.57. The fourth-order valence-corrected chi connectivity index (χ4v) is 4.37. The quantitative estimate of drug-likeness (QED) is 0.727. The van der Waals surface area contributed by atoms with Gasteiger partial charge in [-0.15, -0.1) is 0 Å². The average molecular weight is 394 g/mol. The lowest BCUT2D eigenvalue weighted by atomic mass is 10.0. The van der Waals surface area contributed by atoms with Crippen molar-refractivity contribution in [2.75, 3.05) is 52.4 Å². The first kappa shape index (κ1) is 21.2. The van der Waals surface area contributed by atoms with E-state index < -0.39 is 5.60 Å². The molecular weight excluding hydrogens is 354 g/mol. The number of fused-ring (bicyclic) bond motifs is 1. The molecule has 2 fully saturated rings. The van der Waals surface area contributed by atoms with E-state index in [9.17, 15) is 4.79 Å². The molecule has 7 heteroatoms. The van der Waals surface area contributed by atoms with Crippen LogP contribution in [0, 0.1) is 5.92 Å². The van der Waals surface area contributed by atoms with E-state index in [-0.39, 0.29) is 12.1 Å². The number of piperidine rings is 1. The molecule has 0 saturated carbocycles. The maximum absolute atomic E-state index is 12.3. The minimum Gasteiger partial charge on any atom is -0.444 e. The highest BCUT2D eigenvalue weighted by atomic mass is 16.6. The second-order valence-corrected chi connectivity index (χ2v) is 9.62. The molecule has 0 bridgehead atoms. The third kappa shape index (κ3) is 6.00. The zero-order chi connectivity index (χ0) is 20.1. The standard InChI is InChI=1S/C21H39N5O2/c1-17-8-7-11-24(15-17)10-6-5-9-22-19-23-14-18-16-25(12-13-26(18)19)20(27)28-21(2,3)4/h17-18H,5-16H2,1-4H3,(H,22,23). The first-order chi connectivity index (χ1) is 13.3. The van der Waals surface area contributed by atoms with Crippen LogP contribution in [0.15, 0.2) is 4.99 Å². The van der Waals surface area contributed by atoms with E-state index in [1.807, 2.05) is 25.7 Å².